The predicted molar refractivity (Wildman–Crippen MR) is 69.2 cm³/mol. The summed E-state index contributed by atoms with van der Waals surface area (Å²) in [5, 5.41) is 0. The van der Waals surface area contributed by atoms with Gasteiger partial charge in [-0.2, -0.15) is 0 Å². The van der Waals surface area contributed by atoms with E-state index in [0.29, 0.717) is 13.2 Å². The third-order valence-corrected chi connectivity index (χ3v) is 2.32. The molecule has 0 bridgehead atoms. The van der Waals surface area contributed by atoms with Gasteiger partial charge < -0.3 is 14.2 Å². The van der Waals surface area contributed by atoms with Crippen molar-refractivity contribution in [1.29, 1.82) is 0 Å². The van der Waals surface area contributed by atoms with Crippen LogP contribution in [0.2, 0.25) is 0 Å². The van der Waals surface area contributed by atoms with Crippen LogP contribution in [0.15, 0.2) is 24.3 Å². The van der Waals surface area contributed by atoms with Gasteiger partial charge in [0.25, 0.3) is 0 Å². The van der Waals surface area contributed by atoms with Gasteiger partial charge in [0.15, 0.2) is 0 Å². The first kappa shape index (κ1) is 15.2. The van der Waals surface area contributed by atoms with Crippen LogP contribution >= 0.6 is 0 Å². The van der Waals surface area contributed by atoms with Crippen LogP contribution < -0.4 is 0 Å². The average molecular weight is 266 g/mol. The Morgan fingerprint density at radius 3 is 1.95 bits per heavy atom. The zero-order chi connectivity index (χ0) is 14.1. The molecule has 0 amide bonds. The molecule has 0 fully saturated rings. The van der Waals surface area contributed by atoms with Crippen molar-refractivity contribution in [3.8, 4) is 0 Å². The Morgan fingerprint density at radius 1 is 0.947 bits per heavy atom. The summed E-state index contributed by atoms with van der Waals surface area (Å²) >= 11 is 0. The van der Waals surface area contributed by atoms with Crippen molar-refractivity contribution in [2.24, 2.45) is 0 Å². The second-order valence-corrected chi connectivity index (χ2v) is 3.81. The maximum absolute atomic E-state index is 11.8. The summed E-state index contributed by atoms with van der Waals surface area (Å²) in [4.78, 5) is 23.6. The van der Waals surface area contributed by atoms with Crippen LogP contribution in [0.4, 0.5) is 0 Å². The smallest absolute Gasteiger partial charge is 0.339 e. The van der Waals surface area contributed by atoms with Crippen LogP contribution in [0.25, 0.3) is 0 Å². The summed E-state index contributed by atoms with van der Waals surface area (Å²) in [5.41, 5.74) is 0.429. The number of ether oxygens (including phenoxy) is 3. The average Bonchev–Trinajstić information content (AvgIpc) is 2.45. The zero-order valence-electron chi connectivity index (χ0n) is 11.2. The molecule has 0 spiro atoms. The molecule has 0 aliphatic carbocycles. The monoisotopic (exact) mass is 266 g/mol. The van der Waals surface area contributed by atoms with Crippen molar-refractivity contribution in [3.63, 3.8) is 0 Å². The van der Waals surface area contributed by atoms with E-state index in [1.165, 1.54) is 13.2 Å². The van der Waals surface area contributed by atoms with Crippen molar-refractivity contribution in [2.45, 2.75) is 13.3 Å². The zero-order valence-corrected chi connectivity index (χ0v) is 11.2. The van der Waals surface area contributed by atoms with Crippen molar-refractivity contribution in [3.05, 3.63) is 35.4 Å². The Morgan fingerprint density at radius 2 is 1.47 bits per heavy atom. The van der Waals surface area contributed by atoms with Gasteiger partial charge in [0, 0.05) is 7.11 Å². The molecule has 0 aliphatic rings. The number of carbonyl (C=O) groups excluding carboxylic acids is 2. The van der Waals surface area contributed by atoms with Crippen LogP contribution in [-0.4, -0.2) is 38.9 Å². The standard InChI is InChI=1S/C14H18O5/c1-3-8-18-13(15)11-6-4-5-7-12(11)14(16)19-10-9-17-2/h4-7H,3,8-10H2,1-2H3. The summed E-state index contributed by atoms with van der Waals surface area (Å²) in [6.45, 7) is 2.69. The molecular formula is C14H18O5. The second-order valence-electron chi connectivity index (χ2n) is 3.81. The van der Waals surface area contributed by atoms with Gasteiger partial charge in [0.05, 0.1) is 24.3 Å². The number of methoxy groups -OCH3 is 1. The van der Waals surface area contributed by atoms with Crippen molar-refractivity contribution < 1.29 is 23.8 Å². The Bertz CT molecular complexity index is 428. The molecule has 0 unspecified atom stereocenters. The van der Waals surface area contributed by atoms with E-state index in [1.807, 2.05) is 6.92 Å². The molecule has 19 heavy (non-hydrogen) atoms. The van der Waals surface area contributed by atoms with E-state index < -0.39 is 11.9 Å². The quantitative estimate of drug-likeness (QED) is 0.558. The van der Waals surface area contributed by atoms with E-state index in [9.17, 15) is 9.59 Å². The first-order valence-electron chi connectivity index (χ1n) is 6.13. The third-order valence-electron chi connectivity index (χ3n) is 2.32. The van der Waals surface area contributed by atoms with E-state index in [4.69, 9.17) is 14.2 Å². The Balaban J connectivity index is 2.77. The molecule has 1 aromatic rings. The molecule has 1 rings (SSSR count). The van der Waals surface area contributed by atoms with Gasteiger partial charge >= 0.3 is 11.9 Å². The number of benzene rings is 1. The van der Waals surface area contributed by atoms with Gasteiger partial charge in [-0.05, 0) is 18.6 Å². The largest absolute Gasteiger partial charge is 0.462 e. The van der Waals surface area contributed by atoms with Gasteiger partial charge in [-0.15, -0.1) is 0 Å². The van der Waals surface area contributed by atoms with E-state index >= 15 is 0 Å². The summed E-state index contributed by atoms with van der Waals surface area (Å²) in [6.07, 6.45) is 0.728. The minimum Gasteiger partial charge on any atom is -0.462 e. The van der Waals surface area contributed by atoms with Gasteiger partial charge in [-0.3, -0.25) is 0 Å². The number of esters is 2. The molecule has 0 heterocycles. The van der Waals surface area contributed by atoms with Gasteiger partial charge in [0.2, 0.25) is 0 Å². The lowest BCUT2D eigenvalue weighted by Crippen LogP contribution is -2.16. The fourth-order valence-electron chi connectivity index (χ4n) is 1.41. The molecule has 0 saturated heterocycles. The van der Waals surface area contributed by atoms with Crippen LogP contribution in [0, 0.1) is 0 Å². The second kappa shape index (κ2) is 8.26. The van der Waals surface area contributed by atoms with Gasteiger partial charge in [0.1, 0.15) is 6.61 Å². The molecule has 5 heteroatoms. The van der Waals surface area contributed by atoms with E-state index in [1.54, 1.807) is 18.2 Å². The van der Waals surface area contributed by atoms with Crippen molar-refractivity contribution in [1.82, 2.24) is 0 Å². The van der Waals surface area contributed by atoms with E-state index in [0.717, 1.165) is 6.42 Å². The molecule has 0 radical (unpaired) electrons. The highest BCUT2D eigenvalue weighted by Gasteiger charge is 2.18. The number of rotatable bonds is 7. The molecule has 5 nitrogen and oxygen atoms in total. The molecule has 1 aromatic carbocycles. The normalized spacial score (nSPS) is 10.0. The lowest BCUT2D eigenvalue weighted by molar-refractivity contribution is 0.0373. The highest BCUT2D eigenvalue weighted by molar-refractivity contribution is 6.03. The van der Waals surface area contributed by atoms with Gasteiger partial charge in [-0.25, -0.2) is 9.59 Å². The molecule has 104 valence electrons. The predicted octanol–water partition coefficient (Wildman–Crippen LogP) is 2.06. The first-order chi connectivity index (χ1) is 9.20. The highest BCUT2D eigenvalue weighted by Crippen LogP contribution is 2.12. The summed E-state index contributed by atoms with van der Waals surface area (Å²) in [5.74, 6) is -1.07. The Hall–Kier alpha value is -1.88. The lowest BCUT2D eigenvalue weighted by Gasteiger charge is -2.09. The molecule has 0 saturated carbocycles. The highest BCUT2D eigenvalue weighted by atomic mass is 16.6. The van der Waals surface area contributed by atoms with Crippen LogP contribution in [0.1, 0.15) is 34.1 Å². The first-order valence-corrected chi connectivity index (χ1v) is 6.13. The van der Waals surface area contributed by atoms with Crippen LogP contribution in [-0.2, 0) is 14.2 Å². The molecular weight excluding hydrogens is 248 g/mol. The van der Waals surface area contributed by atoms with Gasteiger partial charge in [-0.1, -0.05) is 19.1 Å². The SMILES string of the molecule is CCCOC(=O)c1ccccc1C(=O)OCCOC. The fraction of sp³-hybridized carbons (Fsp3) is 0.429. The van der Waals surface area contributed by atoms with Crippen LogP contribution in [0.5, 0.6) is 0 Å². The van der Waals surface area contributed by atoms with E-state index in [-0.39, 0.29) is 17.7 Å². The summed E-state index contributed by atoms with van der Waals surface area (Å²) in [6, 6.07) is 6.43. The fourth-order valence-corrected chi connectivity index (χ4v) is 1.41. The number of carbonyl (C=O) groups is 2. The Labute approximate surface area is 112 Å². The number of hydrogen-bond donors (Lipinski definition) is 0. The molecule has 0 N–H and O–H groups in total. The van der Waals surface area contributed by atoms with E-state index in [2.05, 4.69) is 0 Å². The topological polar surface area (TPSA) is 61.8 Å². The number of hydrogen-bond acceptors (Lipinski definition) is 5. The van der Waals surface area contributed by atoms with Crippen LogP contribution in [0.3, 0.4) is 0 Å². The summed E-state index contributed by atoms with van der Waals surface area (Å²) in [7, 11) is 1.52. The third kappa shape index (κ3) is 4.71. The molecule has 0 aromatic heterocycles. The maximum Gasteiger partial charge on any atom is 0.339 e. The van der Waals surface area contributed by atoms with Crippen molar-refractivity contribution in [2.75, 3.05) is 26.9 Å². The minimum absolute atomic E-state index is 0.147. The lowest BCUT2D eigenvalue weighted by atomic mass is 10.1. The molecule has 0 atom stereocenters. The minimum atomic E-state index is -0.555. The van der Waals surface area contributed by atoms with Crippen molar-refractivity contribution >= 4 is 11.9 Å². The Kier molecular flexibility index (Phi) is 6.60. The summed E-state index contributed by atoms with van der Waals surface area (Å²) < 4.78 is 14.8. The maximum atomic E-state index is 11.8. The molecule has 0 aliphatic heterocycles.